The van der Waals surface area contributed by atoms with Crippen LogP contribution in [0, 0.1) is 0 Å². The maximum absolute atomic E-state index is 13.4. The van der Waals surface area contributed by atoms with Gasteiger partial charge in [0.25, 0.3) is 0 Å². The first kappa shape index (κ1) is 95.0. The molecule has 14 nitrogen and oxygen atoms in total. The molecular formula is C88H157NO13. The van der Waals surface area contributed by atoms with E-state index in [-0.39, 0.29) is 18.9 Å². The van der Waals surface area contributed by atoms with Gasteiger partial charge < -0.3 is 65.1 Å². The molecule has 0 aromatic carbocycles. The van der Waals surface area contributed by atoms with Gasteiger partial charge in [0.05, 0.1) is 32.0 Å². The minimum atomic E-state index is -1.80. The molecule has 592 valence electrons. The standard InChI is InChI=1S/C88H157NO13/c1-3-5-7-9-11-13-15-17-19-21-23-25-27-29-31-33-35-37-38-40-42-44-46-48-50-52-54-56-58-60-62-64-66-68-70-72-80(93)89-76(75-99-87-85(98)83(96)86(79(74-91)101-87)102-88-84(97)82(95)81(94)78(73-90)100-88)77(92)71-69-67-65-63-61-59-57-55-53-51-49-47-45-43-41-39-36-34-32-30-28-26-24-22-20-18-16-14-12-10-8-6-4-2/h5,7,11,13,17,19,23,25,29,31,53,55,61,63,69,71,76-79,81-88,90-92,94-98H,3-4,6,8-10,12,14-16,18,20-22,24,26-28,30,32-52,54,56-60,62,64-68,70,72-75H2,1-2H3,(H,89,93)/b7-5-,13-11-,19-17-,25-23-,31-29-,55-53+,63-61+,71-69+. The molecule has 1 amide bonds. The predicted octanol–water partition coefficient (Wildman–Crippen LogP) is 20.0. The summed E-state index contributed by atoms with van der Waals surface area (Å²) in [5.41, 5.74) is 0. The fourth-order valence-electron chi connectivity index (χ4n) is 13.6. The van der Waals surface area contributed by atoms with Gasteiger partial charge >= 0.3 is 0 Å². The minimum Gasteiger partial charge on any atom is -0.394 e. The molecule has 0 spiro atoms. The quantitative estimate of drug-likeness (QED) is 0.0204. The number of hydrogen-bond acceptors (Lipinski definition) is 13. The lowest BCUT2D eigenvalue weighted by molar-refractivity contribution is -0.359. The van der Waals surface area contributed by atoms with Crippen molar-refractivity contribution in [3.05, 3.63) is 97.2 Å². The van der Waals surface area contributed by atoms with Gasteiger partial charge in [-0.15, -0.1) is 0 Å². The Kier molecular flexibility index (Phi) is 66.0. The van der Waals surface area contributed by atoms with Crippen LogP contribution in [0.4, 0.5) is 0 Å². The molecule has 12 unspecified atom stereocenters. The number of unbranched alkanes of at least 4 members (excludes halogenated alkanes) is 44. The van der Waals surface area contributed by atoms with Crippen molar-refractivity contribution >= 4 is 5.91 Å². The van der Waals surface area contributed by atoms with E-state index in [4.69, 9.17) is 18.9 Å². The maximum atomic E-state index is 13.4. The van der Waals surface area contributed by atoms with Gasteiger partial charge in [0.15, 0.2) is 12.6 Å². The zero-order valence-corrected chi connectivity index (χ0v) is 65.1. The summed E-state index contributed by atoms with van der Waals surface area (Å²) in [7, 11) is 0. The Hall–Kier alpha value is -3.09. The molecule has 2 aliphatic rings. The number of rotatable bonds is 71. The highest BCUT2D eigenvalue weighted by Gasteiger charge is 2.51. The van der Waals surface area contributed by atoms with Crippen molar-refractivity contribution in [2.75, 3.05) is 19.8 Å². The molecule has 2 saturated heterocycles. The third kappa shape index (κ3) is 52.8. The molecule has 14 heteroatoms. The first-order valence-electron chi connectivity index (χ1n) is 42.5. The van der Waals surface area contributed by atoms with Gasteiger partial charge in [0.1, 0.15) is 48.8 Å². The van der Waals surface area contributed by atoms with Crippen molar-refractivity contribution in [3.63, 3.8) is 0 Å². The molecule has 0 aliphatic carbocycles. The van der Waals surface area contributed by atoms with Crippen molar-refractivity contribution in [1.29, 1.82) is 0 Å². The topological polar surface area (TPSA) is 228 Å². The van der Waals surface area contributed by atoms with Crippen LogP contribution in [0.1, 0.15) is 361 Å². The third-order valence-electron chi connectivity index (χ3n) is 20.2. The molecule has 2 aliphatic heterocycles. The van der Waals surface area contributed by atoms with Crippen molar-refractivity contribution in [2.24, 2.45) is 0 Å². The smallest absolute Gasteiger partial charge is 0.220 e. The summed E-state index contributed by atoms with van der Waals surface area (Å²) in [5, 5.41) is 87.7. The number of carbonyl (C=O) groups excluding carboxylic acids is 1. The minimum absolute atomic E-state index is 0.250. The van der Waals surface area contributed by atoms with Gasteiger partial charge in [0.2, 0.25) is 5.91 Å². The largest absolute Gasteiger partial charge is 0.394 e. The van der Waals surface area contributed by atoms with Crippen LogP contribution in [0.15, 0.2) is 97.2 Å². The highest BCUT2D eigenvalue weighted by molar-refractivity contribution is 5.76. The van der Waals surface area contributed by atoms with Crippen LogP contribution in [0.3, 0.4) is 0 Å². The average molecular weight is 1440 g/mol. The van der Waals surface area contributed by atoms with E-state index in [9.17, 15) is 45.6 Å². The molecule has 0 saturated carbocycles. The summed E-state index contributed by atoms with van der Waals surface area (Å²) in [6.45, 7) is 2.71. The van der Waals surface area contributed by atoms with Crippen LogP contribution < -0.4 is 5.32 Å². The number of nitrogens with one attached hydrogen (secondary N) is 1. The maximum Gasteiger partial charge on any atom is 0.220 e. The number of carbonyl (C=O) groups is 1. The fraction of sp³-hybridized carbons (Fsp3) is 0.807. The Morgan fingerprint density at radius 1 is 0.363 bits per heavy atom. The molecule has 2 fully saturated rings. The van der Waals surface area contributed by atoms with Crippen LogP contribution >= 0.6 is 0 Å². The van der Waals surface area contributed by atoms with E-state index >= 15 is 0 Å². The van der Waals surface area contributed by atoms with E-state index in [0.29, 0.717) is 12.8 Å². The second-order valence-corrected chi connectivity index (χ2v) is 29.6. The summed E-state index contributed by atoms with van der Waals surface area (Å²) in [6, 6.07) is -0.944. The number of amides is 1. The molecule has 0 aromatic rings. The third-order valence-corrected chi connectivity index (χ3v) is 20.2. The summed E-state index contributed by atoms with van der Waals surface area (Å²) < 4.78 is 22.9. The number of hydrogen-bond donors (Lipinski definition) is 9. The van der Waals surface area contributed by atoms with E-state index < -0.39 is 86.8 Å². The highest BCUT2D eigenvalue weighted by atomic mass is 16.7. The van der Waals surface area contributed by atoms with Crippen molar-refractivity contribution < 1.29 is 64.6 Å². The monoisotopic (exact) mass is 1440 g/mol. The van der Waals surface area contributed by atoms with Crippen LogP contribution in [0.2, 0.25) is 0 Å². The van der Waals surface area contributed by atoms with Crippen molar-refractivity contribution in [3.8, 4) is 0 Å². The summed E-state index contributed by atoms with van der Waals surface area (Å²) >= 11 is 0. The van der Waals surface area contributed by atoms with E-state index in [1.54, 1.807) is 6.08 Å². The Bertz CT molecular complexity index is 2090. The van der Waals surface area contributed by atoms with Gasteiger partial charge in [-0.25, -0.2) is 0 Å². The molecule has 12 atom stereocenters. The van der Waals surface area contributed by atoms with Gasteiger partial charge in [-0.3, -0.25) is 4.79 Å². The second-order valence-electron chi connectivity index (χ2n) is 29.6. The molecule has 2 rings (SSSR count). The SMILES string of the molecule is CC/C=C\C/C=C\C/C=C\C/C=C\C/C=C\CCCCCCCCCCCCCCCCCCCCCC(=O)NC(COC1OC(CO)C(OC2OC(CO)C(O)C(O)C2O)C(O)C1O)C(O)/C=C/CC/C=C/CC/C=C/CCCCCCCCCCCCCCCCCCCCCCCCC. The van der Waals surface area contributed by atoms with Crippen LogP contribution in [-0.2, 0) is 23.7 Å². The fourth-order valence-corrected chi connectivity index (χ4v) is 13.6. The average Bonchev–Trinajstić information content (AvgIpc) is 0.790. The number of aliphatic hydroxyl groups is 8. The molecule has 102 heavy (non-hydrogen) atoms. The van der Waals surface area contributed by atoms with Gasteiger partial charge in [0, 0.05) is 6.42 Å². The number of aliphatic hydroxyl groups excluding tert-OH is 8. The normalized spacial score (nSPS) is 22.1. The molecule has 0 bridgehead atoms. The second kappa shape index (κ2) is 70.9. The lowest BCUT2D eigenvalue weighted by atomic mass is 9.97. The highest BCUT2D eigenvalue weighted by Crippen LogP contribution is 2.30. The molecule has 0 radical (unpaired) electrons. The van der Waals surface area contributed by atoms with Crippen molar-refractivity contribution in [2.45, 2.75) is 434 Å². The Morgan fingerprint density at radius 3 is 1.08 bits per heavy atom. The van der Waals surface area contributed by atoms with Crippen LogP contribution in [0.25, 0.3) is 0 Å². The molecular weight excluding hydrogens is 1280 g/mol. The van der Waals surface area contributed by atoms with E-state index in [0.717, 1.165) is 77.0 Å². The summed E-state index contributed by atoms with van der Waals surface area (Å²) in [5.74, 6) is -0.250. The zero-order chi connectivity index (χ0) is 73.7. The lowest BCUT2D eigenvalue weighted by Gasteiger charge is -2.46. The van der Waals surface area contributed by atoms with Gasteiger partial charge in [-0.2, -0.15) is 0 Å². The van der Waals surface area contributed by atoms with Crippen LogP contribution in [-0.4, -0.2) is 140 Å². The first-order chi connectivity index (χ1) is 50.1. The predicted molar refractivity (Wildman–Crippen MR) is 424 cm³/mol. The summed E-state index contributed by atoms with van der Waals surface area (Å²) in [6.07, 6.45) is 85.1. The first-order valence-corrected chi connectivity index (χ1v) is 42.5. The Morgan fingerprint density at radius 2 is 0.686 bits per heavy atom. The summed E-state index contributed by atoms with van der Waals surface area (Å²) in [4.78, 5) is 13.4. The van der Waals surface area contributed by atoms with Crippen molar-refractivity contribution in [1.82, 2.24) is 5.32 Å². The Labute approximate surface area is 623 Å². The van der Waals surface area contributed by atoms with E-state index in [2.05, 4.69) is 104 Å². The van der Waals surface area contributed by atoms with Gasteiger partial charge in [-0.05, 0) is 89.9 Å². The van der Waals surface area contributed by atoms with Crippen LogP contribution in [0.5, 0.6) is 0 Å². The lowest BCUT2D eigenvalue weighted by Crippen LogP contribution is -2.65. The Balaban J connectivity index is 1.61. The van der Waals surface area contributed by atoms with Gasteiger partial charge in [-0.1, -0.05) is 361 Å². The number of allylic oxidation sites excluding steroid dienone is 15. The number of ether oxygens (including phenoxy) is 4. The van der Waals surface area contributed by atoms with E-state index in [1.807, 2.05) is 6.08 Å². The molecule has 2 heterocycles. The molecule has 0 aromatic heterocycles. The molecule has 9 N–H and O–H groups in total. The zero-order valence-electron chi connectivity index (χ0n) is 65.1. The van der Waals surface area contributed by atoms with E-state index in [1.165, 1.54) is 250 Å².